The molecule has 0 bridgehead atoms. The SMILES string of the molecule is Cc1ccc(S(=O)(=O)NCC2(CO)CCCCC2)cc1N. The number of hydrogen-bond donors (Lipinski definition) is 3. The fourth-order valence-corrected chi connectivity index (χ4v) is 4.00. The van der Waals surface area contributed by atoms with Crippen LogP contribution in [0.1, 0.15) is 37.7 Å². The molecule has 0 unspecified atom stereocenters. The molecule has 0 aliphatic heterocycles. The Kier molecular flexibility index (Phi) is 4.91. The largest absolute Gasteiger partial charge is 0.398 e. The predicted octanol–water partition coefficient (Wildman–Crippen LogP) is 1.80. The molecule has 0 atom stereocenters. The highest BCUT2D eigenvalue weighted by Gasteiger charge is 2.32. The van der Waals surface area contributed by atoms with E-state index in [-0.39, 0.29) is 23.5 Å². The number of anilines is 1. The van der Waals surface area contributed by atoms with Crippen LogP contribution in [-0.4, -0.2) is 26.7 Å². The Hall–Kier alpha value is -1.11. The molecule has 1 fully saturated rings. The number of sulfonamides is 1. The fourth-order valence-electron chi connectivity index (χ4n) is 2.81. The van der Waals surface area contributed by atoms with Gasteiger partial charge in [0.2, 0.25) is 10.0 Å². The first-order chi connectivity index (χ1) is 9.88. The summed E-state index contributed by atoms with van der Waals surface area (Å²) in [6, 6.07) is 4.73. The Bertz CT molecular complexity index is 593. The van der Waals surface area contributed by atoms with Crippen LogP contribution in [0.2, 0.25) is 0 Å². The van der Waals surface area contributed by atoms with Crippen molar-refractivity contribution in [3.05, 3.63) is 23.8 Å². The maximum Gasteiger partial charge on any atom is 0.240 e. The second kappa shape index (κ2) is 6.34. The van der Waals surface area contributed by atoms with Crippen LogP contribution in [0.25, 0.3) is 0 Å². The molecule has 0 amide bonds. The number of aryl methyl sites for hydroxylation is 1. The maximum absolute atomic E-state index is 12.3. The van der Waals surface area contributed by atoms with Gasteiger partial charge in [0.05, 0.1) is 4.90 Å². The second-order valence-electron chi connectivity index (χ2n) is 6.06. The molecule has 1 aliphatic carbocycles. The monoisotopic (exact) mass is 312 g/mol. The highest BCUT2D eigenvalue weighted by molar-refractivity contribution is 7.89. The number of aliphatic hydroxyl groups is 1. The molecule has 1 saturated carbocycles. The number of hydrogen-bond acceptors (Lipinski definition) is 4. The van der Waals surface area contributed by atoms with Crippen molar-refractivity contribution in [2.75, 3.05) is 18.9 Å². The molecular formula is C15H24N2O3S. The summed E-state index contributed by atoms with van der Waals surface area (Å²) >= 11 is 0. The lowest BCUT2D eigenvalue weighted by molar-refractivity contribution is 0.0867. The summed E-state index contributed by atoms with van der Waals surface area (Å²) in [4.78, 5) is 0.175. The summed E-state index contributed by atoms with van der Waals surface area (Å²) < 4.78 is 27.3. The van der Waals surface area contributed by atoms with Crippen LogP contribution in [0, 0.1) is 12.3 Å². The van der Waals surface area contributed by atoms with Gasteiger partial charge in [0.15, 0.2) is 0 Å². The minimum absolute atomic E-state index is 0.0194. The summed E-state index contributed by atoms with van der Waals surface area (Å²) in [5.74, 6) is 0. The lowest BCUT2D eigenvalue weighted by Gasteiger charge is -2.35. The van der Waals surface area contributed by atoms with Crippen LogP contribution < -0.4 is 10.5 Å². The van der Waals surface area contributed by atoms with Gasteiger partial charge in [-0.25, -0.2) is 13.1 Å². The molecule has 0 heterocycles. The third-order valence-electron chi connectivity index (χ3n) is 4.45. The Morgan fingerprint density at radius 3 is 2.52 bits per heavy atom. The van der Waals surface area contributed by atoms with Crippen LogP contribution in [0.15, 0.2) is 23.1 Å². The molecule has 0 aromatic heterocycles. The van der Waals surface area contributed by atoms with E-state index < -0.39 is 10.0 Å². The maximum atomic E-state index is 12.3. The normalized spacial score (nSPS) is 18.6. The first-order valence-electron chi connectivity index (χ1n) is 7.35. The van der Waals surface area contributed by atoms with Gasteiger partial charge in [0.25, 0.3) is 0 Å². The molecule has 0 spiro atoms. The molecule has 2 rings (SSSR count). The zero-order chi connectivity index (χ0) is 15.5. The van der Waals surface area contributed by atoms with E-state index in [0.29, 0.717) is 5.69 Å². The van der Waals surface area contributed by atoms with Gasteiger partial charge in [-0.3, -0.25) is 0 Å². The van der Waals surface area contributed by atoms with E-state index in [1.54, 1.807) is 12.1 Å². The smallest absolute Gasteiger partial charge is 0.240 e. The number of benzene rings is 1. The lowest BCUT2D eigenvalue weighted by Crippen LogP contribution is -2.41. The van der Waals surface area contributed by atoms with Crippen molar-refractivity contribution in [3.8, 4) is 0 Å². The Morgan fingerprint density at radius 2 is 1.95 bits per heavy atom. The predicted molar refractivity (Wildman–Crippen MR) is 83.4 cm³/mol. The van der Waals surface area contributed by atoms with E-state index in [4.69, 9.17) is 5.73 Å². The van der Waals surface area contributed by atoms with Gasteiger partial charge in [0.1, 0.15) is 0 Å². The topological polar surface area (TPSA) is 92.4 Å². The van der Waals surface area contributed by atoms with Gasteiger partial charge in [-0.1, -0.05) is 25.3 Å². The van der Waals surface area contributed by atoms with Gasteiger partial charge >= 0.3 is 0 Å². The molecular weight excluding hydrogens is 288 g/mol. The summed E-state index contributed by atoms with van der Waals surface area (Å²) in [5, 5.41) is 9.63. The summed E-state index contributed by atoms with van der Waals surface area (Å²) in [6.45, 7) is 2.13. The quantitative estimate of drug-likeness (QED) is 0.723. The Morgan fingerprint density at radius 1 is 1.29 bits per heavy atom. The minimum atomic E-state index is -3.59. The molecule has 1 aromatic rings. The van der Waals surface area contributed by atoms with E-state index in [9.17, 15) is 13.5 Å². The number of aliphatic hydroxyl groups excluding tert-OH is 1. The van der Waals surface area contributed by atoms with E-state index in [1.165, 1.54) is 6.07 Å². The van der Waals surface area contributed by atoms with Crippen molar-refractivity contribution in [1.82, 2.24) is 4.72 Å². The van der Waals surface area contributed by atoms with Crippen LogP contribution >= 0.6 is 0 Å². The van der Waals surface area contributed by atoms with Gasteiger partial charge in [-0.15, -0.1) is 0 Å². The molecule has 0 radical (unpaired) electrons. The standard InChI is InChI=1S/C15H24N2O3S/c1-12-5-6-13(9-14(12)16)21(19,20)17-10-15(11-18)7-3-2-4-8-15/h5-6,9,17-18H,2-4,7-8,10-11,16H2,1H3. The average Bonchev–Trinajstić information content (AvgIpc) is 2.49. The third-order valence-corrected chi connectivity index (χ3v) is 5.85. The Balaban J connectivity index is 2.11. The number of rotatable bonds is 5. The van der Waals surface area contributed by atoms with Crippen molar-refractivity contribution in [2.45, 2.75) is 43.9 Å². The third kappa shape index (κ3) is 3.75. The molecule has 1 aromatic carbocycles. The fraction of sp³-hybridized carbons (Fsp3) is 0.600. The van der Waals surface area contributed by atoms with E-state index in [2.05, 4.69) is 4.72 Å². The van der Waals surface area contributed by atoms with Crippen molar-refractivity contribution >= 4 is 15.7 Å². The van der Waals surface area contributed by atoms with Gasteiger partial charge in [-0.05, 0) is 37.5 Å². The molecule has 21 heavy (non-hydrogen) atoms. The van der Waals surface area contributed by atoms with Crippen molar-refractivity contribution in [1.29, 1.82) is 0 Å². The van der Waals surface area contributed by atoms with Crippen molar-refractivity contribution < 1.29 is 13.5 Å². The van der Waals surface area contributed by atoms with Crippen LogP contribution in [0.4, 0.5) is 5.69 Å². The van der Waals surface area contributed by atoms with E-state index in [0.717, 1.165) is 37.7 Å². The highest BCUT2D eigenvalue weighted by atomic mass is 32.2. The second-order valence-corrected chi connectivity index (χ2v) is 7.83. The van der Waals surface area contributed by atoms with Crippen LogP contribution in [0.5, 0.6) is 0 Å². The first kappa shape index (κ1) is 16.3. The number of nitrogen functional groups attached to an aromatic ring is 1. The van der Waals surface area contributed by atoms with Crippen LogP contribution in [0.3, 0.4) is 0 Å². The molecule has 5 nitrogen and oxygen atoms in total. The molecule has 0 saturated heterocycles. The number of nitrogens with two attached hydrogens (primary N) is 1. The zero-order valence-corrected chi connectivity index (χ0v) is 13.2. The minimum Gasteiger partial charge on any atom is -0.398 e. The molecule has 4 N–H and O–H groups in total. The van der Waals surface area contributed by atoms with Crippen molar-refractivity contribution in [3.63, 3.8) is 0 Å². The first-order valence-corrected chi connectivity index (χ1v) is 8.84. The molecule has 118 valence electrons. The van der Waals surface area contributed by atoms with Gasteiger partial charge < -0.3 is 10.8 Å². The van der Waals surface area contributed by atoms with Crippen molar-refractivity contribution in [2.24, 2.45) is 5.41 Å². The molecule has 1 aliphatic rings. The number of nitrogens with one attached hydrogen (secondary N) is 1. The molecule has 6 heteroatoms. The lowest BCUT2D eigenvalue weighted by atomic mass is 9.75. The van der Waals surface area contributed by atoms with Gasteiger partial charge in [0, 0.05) is 24.3 Å². The zero-order valence-electron chi connectivity index (χ0n) is 12.4. The summed E-state index contributed by atoms with van der Waals surface area (Å²) in [7, 11) is -3.59. The summed E-state index contributed by atoms with van der Waals surface area (Å²) in [5.41, 5.74) is 6.78. The van der Waals surface area contributed by atoms with Crippen LogP contribution in [-0.2, 0) is 10.0 Å². The summed E-state index contributed by atoms with van der Waals surface area (Å²) in [6.07, 6.45) is 4.96. The van der Waals surface area contributed by atoms with E-state index >= 15 is 0 Å². The van der Waals surface area contributed by atoms with Gasteiger partial charge in [-0.2, -0.15) is 0 Å². The Labute approximate surface area is 126 Å². The average molecular weight is 312 g/mol. The highest BCUT2D eigenvalue weighted by Crippen LogP contribution is 2.35. The van der Waals surface area contributed by atoms with E-state index in [1.807, 2.05) is 6.92 Å².